The van der Waals surface area contributed by atoms with Crippen molar-refractivity contribution in [2.45, 2.75) is 12.2 Å². The van der Waals surface area contributed by atoms with Crippen LogP contribution in [0.15, 0.2) is 42.6 Å². The first kappa shape index (κ1) is 17.9. The molecule has 0 aliphatic heterocycles. The Kier molecular flexibility index (Phi) is 4.69. The third-order valence-corrected chi connectivity index (χ3v) is 4.11. The van der Waals surface area contributed by atoms with Gasteiger partial charge >= 0.3 is 6.18 Å². The van der Waals surface area contributed by atoms with Gasteiger partial charge in [-0.2, -0.15) is 23.4 Å². The Morgan fingerprint density at radius 2 is 1.65 bits per heavy atom. The highest BCUT2D eigenvalue weighted by molar-refractivity contribution is 5.86. The van der Waals surface area contributed by atoms with Crippen LogP contribution < -0.4 is 15.2 Å². The molecule has 26 heavy (non-hydrogen) atoms. The highest BCUT2D eigenvalue weighted by atomic mass is 19.4. The zero-order chi connectivity index (χ0) is 18.9. The van der Waals surface area contributed by atoms with E-state index in [4.69, 9.17) is 15.2 Å². The number of fused-ring (bicyclic) bond motifs is 1. The first-order valence-electron chi connectivity index (χ1n) is 7.65. The van der Waals surface area contributed by atoms with Gasteiger partial charge in [-0.05, 0) is 17.7 Å². The second kappa shape index (κ2) is 6.80. The molecule has 1 atom stereocenters. The van der Waals surface area contributed by atoms with Crippen molar-refractivity contribution in [1.82, 2.24) is 10.2 Å². The molecule has 3 aromatic rings. The van der Waals surface area contributed by atoms with Crippen LogP contribution in [-0.4, -0.2) is 24.4 Å². The van der Waals surface area contributed by atoms with Crippen LogP contribution in [0.25, 0.3) is 10.9 Å². The maximum Gasteiger partial charge on any atom is 0.416 e. The Hall–Kier alpha value is -2.87. The van der Waals surface area contributed by atoms with Gasteiger partial charge in [-0.25, -0.2) is 0 Å². The van der Waals surface area contributed by atoms with Gasteiger partial charge in [0.05, 0.1) is 37.5 Å². The summed E-state index contributed by atoms with van der Waals surface area (Å²) in [7, 11) is 2.95. The van der Waals surface area contributed by atoms with Crippen LogP contribution >= 0.6 is 0 Å². The smallest absolute Gasteiger partial charge is 0.416 e. The summed E-state index contributed by atoms with van der Waals surface area (Å²) in [5.41, 5.74) is 6.24. The van der Waals surface area contributed by atoms with Crippen molar-refractivity contribution in [3.8, 4) is 11.5 Å². The van der Waals surface area contributed by atoms with Crippen molar-refractivity contribution < 1.29 is 22.6 Å². The molecule has 0 fully saturated rings. The fraction of sp³-hybridized carbons (Fsp3) is 0.222. The zero-order valence-electron chi connectivity index (χ0n) is 14.0. The molecule has 0 spiro atoms. The molecule has 0 amide bonds. The van der Waals surface area contributed by atoms with Gasteiger partial charge in [-0.1, -0.05) is 18.2 Å². The molecule has 0 aliphatic carbocycles. The first-order valence-corrected chi connectivity index (χ1v) is 7.65. The van der Waals surface area contributed by atoms with Crippen molar-refractivity contribution >= 4 is 10.9 Å². The van der Waals surface area contributed by atoms with E-state index in [-0.39, 0.29) is 5.56 Å². The lowest BCUT2D eigenvalue weighted by molar-refractivity contribution is -0.138. The van der Waals surface area contributed by atoms with Crippen LogP contribution in [0.1, 0.15) is 22.7 Å². The molecular weight excluding hydrogens is 347 g/mol. The quantitative estimate of drug-likeness (QED) is 0.765. The molecule has 1 unspecified atom stereocenters. The Morgan fingerprint density at radius 3 is 2.31 bits per heavy atom. The second-order valence-electron chi connectivity index (χ2n) is 5.59. The Bertz CT molecular complexity index is 945. The normalized spacial score (nSPS) is 12.8. The topological polar surface area (TPSA) is 70.3 Å². The summed E-state index contributed by atoms with van der Waals surface area (Å²) < 4.78 is 50.5. The number of halogens is 3. The van der Waals surface area contributed by atoms with E-state index in [0.717, 1.165) is 6.07 Å². The molecule has 0 saturated carbocycles. The molecule has 8 heteroatoms. The van der Waals surface area contributed by atoms with Gasteiger partial charge in [-0.3, -0.25) is 0 Å². The maximum atomic E-state index is 13.3. The number of rotatable bonds is 4. The number of nitrogens with zero attached hydrogens (tertiary/aromatic N) is 2. The van der Waals surface area contributed by atoms with Gasteiger partial charge in [-0.15, -0.1) is 0 Å². The number of ether oxygens (including phenoxy) is 2. The molecule has 2 aromatic carbocycles. The first-order chi connectivity index (χ1) is 12.4. The Balaban J connectivity index is 2.20. The fourth-order valence-corrected chi connectivity index (χ4v) is 2.85. The lowest BCUT2D eigenvalue weighted by Crippen LogP contribution is -2.19. The minimum absolute atomic E-state index is 0.0379. The standard InChI is InChI=1S/C18H16F3N3O2/c1-25-15-7-11-12(9-23-24-14(11)8-16(15)26-2)17(22)10-5-3-4-6-13(10)18(19,20)21/h3-9,17H,22H2,1-2H3. The summed E-state index contributed by atoms with van der Waals surface area (Å²) in [6.07, 6.45) is -3.14. The zero-order valence-corrected chi connectivity index (χ0v) is 14.0. The largest absolute Gasteiger partial charge is 0.493 e. The summed E-state index contributed by atoms with van der Waals surface area (Å²) in [5.74, 6) is 0.862. The molecule has 0 saturated heterocycles. The van der Waals surface area contributed by atoms with Crippen LogP contribution in [0.4, 0.5) is 13.2 Å². The summed E-state index contributed by atoms with van der Waals surface area (Å²) in [5, 5.41) is 8.43. The number of methoxy groups -OCH3 is 2. The SMILES string of the molecule is COc1cc2nncc(C(N)c3ccccc3C(F)(F)F)c2cc1OC. The predicted molar refractivity (Wildman–Crippen MR) is 90.1 cm³/mol. The van der Waals surface area contributed by atoms with Gasteiger partial charge < -0.3 is 15.2 Å². The van der Waals surface area contributed by atoms with Crippen LogP contribution in [0, 0.1) is 0 Å². The van der Waals surface area contributed by atoms with E-state index in [0.29, 0.717) is 28.0 Å². The number of alkyl halides is 3. The molecule has 0 aliphatic rings. The molecule has 3 rings (SSSR count). The number of benzene rings is 2. The summed E-state index contributed by atoms with van der Waals surface area (Å²) in [6, 6.07) is 7.42. The third kappa shape index (κ3) is 3.15. The maximum absolute atomic E-state index is 13.3. The molecule has 136 valence electrons. The minimum atomic E-state index is -4.51. The molecule has 2 N–H and O–H groups in total. The third-order valence-electron chi connectivity index (χ3n) is 4.11. The van der Waals surface area contributed by atoms with Gasteiger partial charge in [0.2, 0.25) is 0 Å². The lowest BCUT2D eigenvalue weighted by Gasteiger charge is -2.20. The Morgan fingerprint density at radius 1 is 1.00 bits per heavy atom. The predicted octanol–water partition coefficient (Wildman–Crippen LogP) is 3.71. The molecule has 1 aromatic heterocycles. The van der Waals surface area contributed by atoms with Crippen LogP contribution in [0.2, 0.25) is 0 Å². The monoisotopic (exact) mass is 363 g/mol. The average Bonchev–Trinajstić information content (AvgIpc) is 2.65. The van der Waals surface area contributed by atoms with E-state index in [2.05, 4.69) is 10.2 Å². The van der Waals surface area contributed by atoms with Gasteiger partial charge in [0.15, 0.2) is 11.5 Å². The number of aromatic nitrogens is 2. The van der Waals surface area contributed by atoms with E-state index >= 15 is 0 Å². The highest BCUT2D eigenvalue weighted by Gasteiger charge is 2.35. The molecular formula is C18H16F3N3O2. The lowest BCUT2D eigenvalue weighted by atomic mass is 9.93. The molecule has 1 heterocycles. The van der Waals surface area contributed by atoms with Gasteiger partial charge in [0.25, 0.3) is 0 Å². The van der Waals surface area contributed by atoms with E-state index in [1.165, 1.54) is 38.6 Å². The van der Waals surface area contributed by atoms with Crippen molar-refractivity contribution in [1.29, 1.82) is 0 Å². The van der Waals surface area contributed by atoms with Crippen LogP contribution in [0.3, 0.4) is 0 Å². The molecule has 0 radical (unpaired) electrons. The van der Waals surface area contributed by atoms with Crippen molar-refractivity contribution in [2.24, 2.45) is 5.73 Å². The second-order valence-corrected chi connectivity index (χ2v) is 5.59. The summed E-state index contributed by atoms with van der Waals surface area (Å²) >= 11 is 0. The number of nitrogens with two attached hydrogens (primary N) is 1. The van der Waals surface area contributed by atoms with E-state index in [1.54, 1.807) is 12.1 Å². The number of hydrogen-bond acceptors (Lipinski definition) is 5. The highest BCUT2D eigenvalue weighted by Crippen LogP contribution is 2.38. The van der Waals surface area contributed by atoms with E-state index < -0.39 is 17.8 Å². The van der Waals surface area contributed by atoms with E-state index in [1.807, 2.05) is 0 Å². The minimum Gasteiger partial charge on any atom is -0.493 e. The van der Waals surface area contributed by atoms with Crippen LogP contribution in [-0.2, 0) is 6.18 Å². The fourth-order valence-electron chi connectivity index (χ4n) is 2.85. The van der Waals surface area contributed by atoms with Gasteiger partial charge in [0.1, 0.15) is 0 Å². The summed E-state index contributed by atoms with van der Waals surface area (Å²) in [6.45, 7) is 0. The number of hydrogen-bond donors (Lipinski definition) is 1. The van der Waals surface area contributed by atoms with Crippen molar-refractivity contribution in [3.05, 3.63) is 59.3 Å². The van der Waals surface area contributed by atoms with Crippen molar-refractivity contribution in [2.75, 3.05) is 14.2 Å². The Labute approximate surface area is 147 Å². The molecule has 5 nitrogen and oxygen atoms in total. The van der Waals surface area contributed by atoms with Crippen LogP contribution in [0.5, 0.6) is 11.5 Å². The average molecular weight is 363 g/mol. The van der Waals surface area contributed by atoms with E-state index in [9.17, 15) is 13.2 Å². The van der Waals surface area contributed by atoms with Gasteiger partial charge in [0, 0.05) is 17.0 Å². The van der Waals surface area contributed by atoms with Crippen molar-refractivity contribution in [3.63, 3.8) is 0 Å². The summed E-state index contributed by atoms with van der Waals surface area (Å²) in [4.78, 5) is 0. The molecule has 0 bridgehead atoms.